The van der Waals surface area contributed by atoms with Gasteiger partial charge in [-0.15, -0.1) is 0 Å². The van der Waals surface area contributed by atoms with E-state index in [-0.39, 0.29) is 6.10 Å². The van der Waals surface area contributed by atoms with Gasteiger partial charge in [0.2, 0.25) is 0 Å². The van der Waals surface area contributed by atoms with E-state index in [0.717, 1.165) is 37.4 Å². The second kappa shape index (κ2) is 8.45. The summed E-state index contributed by atoms with van der Waals surface area (Å²) < 4.78 is 5.96. The molecule has 0 amide bonds. The van der Waals surface area contributed by atoms with Gasteiger partial charge in [-0.25, -0.2) is 0 Å². The molecule has 4 heteroatoms. The van der Waals surface area contributed by atoms with Crippen LogP contribution in [-0.4, -0.2) is 24.6 Å². The van der Waals surface area contributed by atoms with Gasteiger partial charge >= 0.3 is 0 Å². The molecule has 0 radical (unpaired) electrons. The predicted molar refractivity (Wildman–Crippen MR) is 112 cm³/mol. The van der Waals surface area contributed by atoms with Crippen molar-refractivity contribution in [2.45, 2.75) is 12.6 Å². The van der Waals surface area contributed by atoms with Crippen LogP contribution >= 0.6 is 23.2 Å². The summed E-state index contributed by atoms with van der Waals surface area (Å²) >= 11 is 12.3. The van der Waals surface area contributed by atoms with Crippen LogP contribution < -0.4 is 0 Å². The van der Waals surface area contributed by atoms with E-state index in [1.165, 1.54) is 11.1 Å². The third-order valence-corrected chi connectivity index (χ3v) is 5.47. The maximum atomic E-state index is 6.33. The van der Waals surface area contributed by atoms with Crippen molar-refractivity contribution in [1.82, 2.24) is 4.90 Å². The highest BCUT2D eigenvalue weighted by atomic mass is 35.5. The van der Waals surface area contributed by atoms with E-state index < -0.39 is 0 Å². The lowest BCUT2D eigenvalue weighted by Gasteiger charge is -2.33. The number of halogens is 2. The first-order valence-corrected chi connectivity index (χ1v) is 9.88. The minimum atomic E-state index is 0.145. The summed E-state index contributed by atoms with van der Waals surface area (Å²) in [6.07, 6.45) is 0.145. The third-order valence-electron chi connectivity index (χ3n) is 4.92. The Morgan fingerprint density at radius 3 is 2.44 bits per heavy atom. The van der Waals surface area contributed by atoms with E-state index in [1.54, 1.807) is 6.07 Å². The summed E-state index contributed by atoms with van der Waals surface area (Å²) in [4.78, 5) is 2.45. The van der Waals surface area contributed by atoms with Crippen molar-refractivity contribution >= 4 is 23.2 Å². The number of benzene rings is 3. The Kier molecular flexibility index (Phi) is 5.80. The van der Waals surface area contributed by atoms with Crippen molar-refractivity contribution in [2.75, 3.05) is 19.7 Å². The number of morpholine rings is 1. The van der Waals surface area contributed by atoms with E-state index in [0.29, 0.717) is 10.0 Å². The van der Waals surface area contributed by atoms with Crippen LogP contribution in [-0.2, 0) is 11.3 Å². The first-order chi connectivity index (χ1) is 13.2. The van der Waals surface area contributed by atoms with Crippen LogP contribution in [0.5, 0.6) is 0 Å². The van der Waals surface area contributed by atoms with Crippen LogP contribution in [0.25, 0.3) is 11.1 Å². The summed E-state index contributed by atoms with van der Waals surface area (Å²) in [6, 6.07) is 24.7. The molecule has 1 atom stereocenters. The Morgan fingerprint density at radius 1 is 0.926 bits per heavy atom. The van der Waals surface area contributed by atoms with Crippen LogP contribution in [0.1, 0.15) is 17.2 Å². The van der Waals surface area contributed by atoms with Crippen molar-refractivity contribution in [3.63, 3.8) is 0 Å². The average Bonchev–Trinajstić information content (AvgIpc) is 2.70. The molecule has 1 aliphatic heterocycles. The molecule has 0 aliphatic carbocycles. The number of hydrogen-bond acceptors (Lipinski definition) is 2. The quantitative estimate of drug-likeness (QED) is 0.516. The molecule has 1 aliphatic rings. The van der Waals surface area contributed by atoms with Gasteiger partial charge in [-0.2, -0.15) is 0 Å². The molecule has 138 valence electrons. The maximum Gasteiger partial charge on any atom is 0.0952 e. The second-order valence-corrected chi connectivity index (χ2v) is 7.67. The zero-order valence-electron chi connectivity index (χ0n) is 14.9. The fourth-order valence-corrected chi connectivity index (χ4v) is 4.00. The lowest BCUT2D eigenvalue weighted by atomic mass is 10.0. The SMILES string of the molecule is Clc1ccc(-c2ccc(CN3CCOC(c4ccccc4)C3)cc2)c(Cl)c1. The number of ether oxygens (including phenoxy) is 1. The van der Waals surface area contributed by atoms with Gasteiger partial charge in [0.15, 0.2) is 0 Å². The molecule has 1 fully saturated rings. The lowest BCUT2D eigenvalue weighted by molar-refractivity contribution is -0.0329. The molecular formula is C23H21Cl2NO. The molecule has 0 bridgehead atoms. The molecule has 2 nitrogen and oxygen atoms in total. The monoisotopic (exact) mass is 397 g/mol. The minimum absolute atomic E-state index is 0.145. The topological polar surface area (TPSA) is 12.5 Å². The number of hydrogen-bond donors (Lipinski definition) is 0. The van der Waals surface area contributed by atoms with E-state index in [9.17, 15) is 0 Å². The summed E-state index contributed by atoms with van der Waals surface area (Å²) in [5, 5.41) is 1.33. The molecule has 4 rings (SSSR count). The smallest absolute Gasteiger partial charge is 0.0952 e. The molecule has 0 aromatic heterocycles. The summed E-state index contributed by atoms with van der Waals surface area (Å²) in [7, 11) is 0. The number of nitrogens with zero attached hydrogens (tertiary/aromatic N) is 1. The fraction of sp³-hybridized carbons (Fsp3) is 0.217. The number of rotatable bonds is 4. The molecule has 1 unspecified atom stereocenters. The van der Waals surface area contributed by atoms with E-state index in [2.05, 4.69) is 53.4 Å². The molecule has 0 N–H and O–H groups in total. The molecule has 3 aromatic rings. The summed E-state index contributed by atoms with van der Waals surface area (Å²) in [5.41, 5.74) is 4.64. The maximum absolute atomic E-state index is 6.33. The van der Waals surface area contributed by atoms with Crippen molar-refractivity contribution < 1.29 is 4.74 Å². The molecule has 3 aromatic carbocycles. The second-order valence-electron chi connectivity index (χ2n) is 6.83. The van der Waals surface area contributed by atoms with Gasteiger partial charge in [0, 0.05) is 35.2 Å². The minimum Gasteiger partial charge on any atom is -0.371 e. The lowest BCUT2D eigenvalue weighted by Crippen LogP contribution is -2.37. The molecule has 27 heavy (non-hydrogen) atoms. The summed E-state index contributed by atoms with van der Waals surface area (Å²) in [5.74, 6) is 0. The van der Waals surface area contributed by atoms with Crippen molar-refractivity contribution in [3.8, 4) is 11.1 Å². The highest BCUT2D eigenvalue weighted by Crippen LogP contribution is 2.31. The Labute approximate surface area is 170 Å². The predicted octanol–water partition coefficient (Wildman–Crippen LogP) is 6.23. The van der Waals surface area contributed by atoms with Crippen LogP contribution in [0.2, 0.25) is 10.0 Å². The highest BCUT2D eigenvalue weighted by Gasteiger charge is 2.21. The zero-order valence-corrected chi connectivity index (χ0v) is 16.5. The van der Waals surface area contributed by atoms with Gasteiger partial charge in [-0.05, 0) is 28.8 Å². The van der Waals surface area contributed by atoms with Gasteiger partial charge in [-0.1, -0.05) is 83.9 Å². The Bertz CT molecular complexity index is 896. The first-order valence-electron chi connectivity index (χ1n) is 9.12. The zero-order chi connectivity index (χ0) is 18.6. The molecule has 0 saturated carbocycles. The standard InChI is InChI=1S/C23H21Cl2NO/c24-20-10-11-21(22(25)14-20)18-8-6-17(7-9-18)15-26-12-13-27-23(16-26)19-4-2-1-3-5-19/h1-11,14,23H,12-13,15-16H2. The molecular weight excluding hydrogens is 377 g/mol. The van der Waals surface area contributed by atoms with Crippen LogP contribution in [0.3, 0.4) is 0 Å². The fourth-order valence-electron chi connectivity index (χ4n) is 3.49. The summed E-state index contributed by atoms with van der Waals surface area (Å²) in [6.45, 7) is 3.54. The highest BCUT2D eigenvalue weighted by molar-refractivity contribution is 6.36. The van der Waals surface area contributed by atoms with Crippen LogP contribution in [0.15, 0.2) is 72.8 Å². The van der Waals surface area contributed by atoms with E-state index in [4.69, 9.17) is 27.9 Å². The molecule has 0 spiro atoms. The molecule has 1 heterocycles. The average molecular weight is 398 g/mol. The van der Waals surface area contributed by atoms with Gasteiger partial charge in [0.05, 0.1) is 12.7 Å². The van der Waals surface area contributed by atoms with Gasteiger partial charge in [-0.3, -0.25) is 4.90 Å². The Hall–Kier alpha value is -1.84. The van der Waals surface area contributed by atoms with Gasteiger partial charge < -0.3 is 4.74 Å². The normalized spacial score (nSPS) is 17.8. The van der Waals surface area contributed by atoms with Crippen molar-refractivity contribution in [1.29, 1.82) is 0 Å². The van der Waals surface area contributed by atoms with Gasteiger partial charge in [0.25, 0.3) is 0 Å². The van der Waals surface area contributed by atoms with Crippen LogP contribution in [0.4, 0.5) is 0 Å². The Morgan fingerprint density at radius 2 is 1.70 bits per heavy atom. The first kappa shape index (κ1) is 18.5. The van der Waals surface area contributed by atoms with Crippen LogP contribution in [0, 0.1) is 0 Å². The van der Waals surface area contributed by atoms with E-state index >= 15 is 0 Å². The third kappa shape index (κ3) is 4.53. The van der Waals surface area contributed by atoms with E-state index in [1.807, 2.05) is 18.2 Å². The van der Waals surface area contributed by atoms with Crippen molar-refractivity contribution in [3.05, 3.63) is 94.0 Å². The molecule has 1 saturated heterocycles. The van der Waals surface area contributed by atoms with Gasteiger partial charge in [0.1, 0.15) is 0 Å². The Balaban J connectivity index is 1.44. The largest absolute Gasteiger partial charge is 0.371 e. The van der Waals surface area contributed by atoms with Crippen molar-refractivity contribution in [2.24, 2.45) is 0 Å².